The highest BCUT2D eigenvalue weighted by Gasteiger charge is 2.13. The Morgan fingerprint density at radius 2 is 1.58 bits per heavy atom. The van der Waals surface area contributed by atoms with Crippen LogP contribution < -0.4 is 24.3 Å². The summed E-state index contributed by atoms with van der Waals surface area (Å²) in [6, 6.07) is 12.8. The Morgan fingerprint density at radius 3 is 2.12 bits per heavy atom. The molecule has 2 aromatic carbocycles. The third-order valence-electron chi connectivity index (χ3n) is 3.33. The number of carbonyl (C=O) groups excluding carboxylic acids is 1. The van der Waals surface area contributed by atoms with Crippen molar-refractivity contribution in [3.63, 3.8) is 0 Å². The number of ether oxygens (including phenoxy) is 4. The van der Waals surface area contributed by atoms with Gasteiger partial charge in [0.05, 0.1) is 21.3 Å². The van der Waals surface area contributed by atoms with Crippen LogP contribution in [0.3, 0.4) is 0 Å². The van der Waals surface area contributed by atoms with Crippen LogP contribution in [0, 0.1) is 0 Å². The first-order valence-electron chi connectivity index (χ1n) is 7.41. The van der Waals surface area contributed by atoms with Crippen molar-refractivity contribution >= 4 is 5.91 Å². The van der Waals surface area contributed by atoms with Crippen molar-refractivity contribution in [2.75, 3.05) is 27.9 Å². The lowest BCUT2D eigenvalue weighted by molar-refractivity contribution is -0.123. The fraction of sp³-hybridized carbons (Fsp3) is 0.278. The molecule has 6 nitrogen and oxygen atoms in total. The lowest BCUT2D eigenvalue weighted by atomic mass is 10.1. The highest BCUT2D eigenvalue weighted by atomic mass is 16.5. The van der Waals surface area contributed by atoms with Crippen LogP contribution in [0.2, 0.25) is 0 Å². The van der Waals surface area contributed by atoms with E-state index in [1.165, 1.54) is 0 Å². The van der Waals surface area contributed by atoms with E-state index in [1.807, 2.05) is 18.2 Å². The molecule has 6 heteroatoms. The topological polar surface area (TPSA) is 66.0 Å². The summed E-state index contributed by atoms with van der Waals surface area (Å²) in [7, 11) is 4.64. The van der Waals surface area contributed by atoms with Gasteiger partial charge in [-0.05, 0) is 29.8 Å². The first kappa shape index (κ1) is 17.5. The minimum Gasteiger partial charge on any atom is -0.493 e. The van der Waals surface area contributed by atoms with Gasteiger partial charge in [0, 0.05) is 6.54 Å². The lowest BCUT2D eigenvalue weighted by Crippen LogP contribution is -2.28. The largest absolute Gasteiger partial charge is 0.493 e. The molecule has 0 atom stereocenters. The number of carbonyl (C=O) groups is 1. The molecular formula is C18H21NO5. The van der Waals surface area contributed by atoms with Crippen molar-refractivity contribution in [2.24, 2.45) is 0 Å². The van der Waals surface area contributed by atoms with E-state index in [0.29, 0.717) is 29.5 Å². The van der Waals surface area contributed by atoms with Crippen LogP contribution in [0.1, 0.15) is 5.56 Å². The summed E-state index contributed by atoms with van der Waals surface area (Å²) in [4.78, 5) is 11.9. The fourth-order valence-electron chi connectivity index (χ4n) is 2.15. The average molecular weight is 331 g/mol. The molecule has 1 amide bonds. The fourth-order valence-corrected chi connectivity index (χ4v) is 2.15. The van der Waals surface area contributed by atoms with Crippen LogP contribution in [0.5, 0.6) is 23.0 Å². The summed E-state index contributed by atoms with van der Waals surface area (Å²) in [5, 5.41) is 2.79. The molecule has 128 valence electrons. The number of para-hydroxylation sites is 1. The van der Waals surface area contributed by atoms with Gasteiger partial charge in [-0.15, -0.1) is 0 Å². The molecule has 0 unspecified atom stereocenters. The Hall–Kier alpha value is -2.89. The van der Waals surface area contributed by atoms with Gasteiger partial charge in [0.2, 0.25) is 5.75 Å². The third-order valence-corrected chi connectivity index (χ3v) is 3.33. The smallest absolute Gasteiger partial charge is 0.258 e. The van der Waals surface area contributed by atoms with Gasteiger partial charge in [0.1, 0.15) is 5.75 Å². The molecule has 0 heterocycles. The summed E-state index contributed by atoms with van der Waals surface area (Å²) >= 11 is 0. The normalized spacial score (nSPS) is 9.96. The zero-order valence-corrected chi connectivity index (χ0v) is 14.0. The van der Waals surface area contributed by atoms with Crippen LogP contribution >= 0.6 is 0 Å². The average Bonchev–Trinajstić information content (AvgIpc) is 2.64. The summed E-state index contributed by atoms with van der Waals surface area (Å²) in [6.07, 6.45) is 0. The van der Waals surface area contributed by atoms with Crippen molar-refractivity contribution in [2.45, 2.75) is 6.54 Å². The van der Waals surface area contributed by atoms with E-state index >= 15 is 0 Å². The molecule has 0 aliphatic heterocycles. The minimum atomic E-state index is -0.215. The molecule has 0 aliphatic rings. The van der Waals surface area contributed by atoms with Crippen LogP contribution in [-0.2, 0) is 11.3 Å². The number of amides is 1. The van der Waals surface area contributed by atoms with E-state index in [0.717, 1.165) is 5.56 Å². The van der Waals surface area contributed by atoms with Gasteiger partial charge in [0.25, 0.3) is 5.91 Å². The maximum absolute atomic E-state index is 11.9. The maximum atomic E-state index is 11.9. The summed E-state index contributed by atoms with van der Waals surface area (Å²) in [6.45, 7) is 0.280. The highest BCUT2D eigenvalue weighted by Crippen LogP contribution is 2.38. The van der Waals surface area contributed by atoms with Gasteiger partial charge in [-0.3, -0.25) is 4.79 Å². The second-order valence-corrected chi connectivity index (χ2v) is 4.91. The summed E-state index contributed by atoms with van der Waals surface area (Å²) in [5.41, 5.74) is 0.831. The van der Waals surface area contributed by atoms with Crippen LogP contribution in [-0.4, -0.2) is 33.8 Å². The Labute approximate surface area is 141 Å². The second kappa shape index (κ2) is 8.67. The van der Waals surface area contributed by atoms with Gasteiger partial charge in [0.15, 0.2) is 18.1 Å². The van der Waals surface area contributed by atoms with Crippen molar-refractivity contribution < 1.29 is 23.7 Å². The summed E-state index contributed by atoms with van der Waals surface area (Å²) < 4.78 is 21.2. The molecule has 0 spiro atoms. The Morgan fingerprint density at radius 1 is 0.958 bits per heavy atom. The SMILES string of the molecule is COc1cc(CNC(=O)COc2ccccc2)cc(OC)c1OC. The molecule has 24 heavy (non-hydrogen) atoms. The van der Waals surface area contributed by atoms with Gasteiger partial charge in [-0.1, -0.05) is 18.2 Å². The van der Waals surface area contributed by atoms with E-state index in [4.69, 9.17) is 18.9 Å². The number of hydrogen-bond acceptors (Lipinski definition) is 5. The van der Waals surface area contributed by atoms with Crippen molar-refractivity contribution in [3.05, 3.63) is 48.0 Å². The number of rotatable bonds is 8. The van der Waals surface area contributed by atoms with Gasteiger partial charge >= 0.3 is 0 Å². The lowest BCUT2D eigenvalue weighted by Gasteiger charge is -2.14. The first-order chi connectivity index (χ1) is 11.7. The number of benzene rings is 2. The molecule has 0 saturated carbocycles. The molecule has 0 fully saturated rings. The number of nitrogens with one attached hydrogen (secondary N) is 1. The monoisotopic (exact) mass is 331 g/mol. The first-order valence-corrected chi connectivity index (χ1v) is 7.41. The molecule has 0 radical (unpaired) electrons. The van der Waals surface area contributed by atoms with Gasteiger partial charge in [-0.25, -0.2) is 0 Å². The molecule has 1 N–H and O–H groups in total. The van der Waals surface area contributed by atoms with E-state index in [1.54, 1.807) is 45.6 Å². The van der Waals surface area contributed by atoms with Gasteiger partial charge in [-0.2, -0.15) is 0 Å². The predicted molar refractivity (Wildman–Crippen MR) is 89.9 cm³/mol. The quantitative estimate of drug-likeness (QED) is 0.805. The Bertz CT molecular complexity index is 647. The van der Waals surface area contributed by atoms with Crippen molar-refractivity contribution in [1.29, 1.82) is 0 Å². The van der Waals surface area contributed by atoms with E-state index < -0.39 is 0 Å². The van der Waals surface area contributed by atoms with Gasteiger partial charge < -0.3 is 24.3 Å². The molecule has 2 rings (SSSR count). The molecule has 2 aromatic rings. The standard InChI is InChI=1S/C18H21NO5/c1-21-15-9-13(10-16(22-2)18(15)23-3)11-19-17(20)12-24-14-7-5-4-6-8-14/h4-10H,11-12H2,1-3H3,(H,19,20). The molecule has 0 aromatic heterocycles. The molecular weight excluding hydrogens is 310 g/mol. The van der Waals surface area contributed by atoms with Crippen LogP contribution in [0.25, 0.3) is 0 Å². The predicted octanol–water partition coefficient (Wildman–Crippen LogP) is 2.41. The van der Waals surface area contributed by atoms with Crippen LogP contribution in [0.4, 0.5) is 0 Å². The number of methoxy groups -OCH3 is 3. The summed E-state index contributed by atoms with van der Waals surface area (Å²) in [5.74, 6) is 2.04. The van der Waals surface area contributed by atoms with Crippen LogP contribution in [0.15, 0.2) is 42.5 Å². The van der Waals surface area contributed by atoms with E-state index in [2.05, 4.69) is 5.32 Å². The Kier molecular flexibility index (Phi) is 6.31. The number of hydrogen-bond donors (Lipinski definition) is 1. The molecule has 0 aliphatic carbocycles. The second-order valence-electron chi connectivity index (χ2n) is 4.91. The van der Waals surface area contributed by atoms with Crippen molar-refractivity contribution in [3.8, 4) is 23.0 Å². The molecule has 0 bridgehead atoms. The van der Waals surface area contributed by atoms with E-state index in [-0.39, 0.29) is 12.5 Å². The maximum Gasteiger partial charge on any atom is 0.258 e. The van der Waals surface area contributed by atoms with Crippen molar-refractivity contribution in [1.82, 2.24) is 5.32 Å². The zero-order chi connectivity index (χ0) is 17.4. The molecule has 0 saturated heterocycles. The zero-order valence-electron chi connectivity index (χ0n) is 14.0. The highest BCUT2D eigenvalue weighted by molar-refractivity contribution is 5.77. The Balaban J connectivity index is 1.94. The third kappa shape index (κ3) is 4.55. The van der Waals surface area contributed by atoms with E-state index in [9.17, 15) is 4.79 Å². The minimum absolute atomic E-state index is 0.0472.